The molecule has 29 heavy (non-hydrogen) atoms. The summed E-state index contributed by atoms with van der Waals surface area (Å²) in [6.07, 6.45) is 1.91. The lowest BCUT2D eigenvalue weighted by Gasteiger charge is -2.11. The van der Waals surface area contributed by atoms with Gasteiger partial charge in [0, 0.05) is 12.7 Å². The number of benzene rings is 1. The van der Waals surface area contributed by atoms with E-state index >= 15 is 0 Å². The highest BCUT2D eigenvalue weighted by atomic mass is 127. The summed E-state index contributed by atoms with van der Waals surface area (Å²) in [7, 11) is -2.09. The van der Waals surface area contributed by atoms with Crippen molar-refractivity contribution < 1.29 is 8.42 Å². The molecule has 11 heteroatoms. The number of hydrogen-bond donors (Lipinski definition) is 3. The third kappa shape index (κ3) is 5.87. The molecular formula is C18H24IN7O2S. The fourth-order valence-electron chi connectivity index (χ4n) is 2.62. The molecule has 156 valence electrons. The van der Waals surface area contributed by atoms with Crippen LogP contribution in [0.2, 0.25) is 0 Å². The van der Waals surface area contributed by atoms with Gasteiger partial charge in [0.25, 0.3) is 0 Å². The Balaban J connectivity index is 0.00000300. The number of nitrogens with one attached hydrogen (secondary N) is 3. The van der Waals surface area contributed by atoms with Gasteiger partial charge in [-0.3, -0.25) is 4.40 Å². The summed E-state index contributed by atoms with van der Waals surface area (Å²) >= 11 is 0. The molecule has 9 nitrogen and oxygen atoms in total. The molecule has 0 bridgehead atoms. The van der Waals surface area contributed by atoms with E-state index in [1.54, 1.807) is 18.2 Å². The Hall–Kier alpha value is -2.25. The summed E-state index contributed by atoms with van der Waals surface area (Å²) in [5.41, 5.74) is 1.57. The van der Waals surface area contributed by atoms with Gasteiger partial charge < -0.3 is 10.6 Å². The van der Waals surface area contributed by atoms with Gasteiger partial charge in [0.1, 0.15) is 0 Å². The van der Waals surface area contributed by atoms with Crippen molar-refractivity contribution in [3.05, 3.63) is 60.0 Å². The average molecular weight is 529 g/mol. The van der Waals surface area contributed by atoms with E-state index in [9.17, 15) is 8.42 Å². The fourth-order valence-corrected chi connectivity index (χ4v) is 3.42. The van der Waals surface area contributed by atoms with Gasteiger partial charge >= 0.3 is 0 Å². The van der Waals surface area contributed by atoms with Crippen LogP contribution >= 0.6 is 24.0 Å². The van der Waals surface area contributed by atoms with Crippen LogP contribution in [0.15, 0.2) is 58.5 Å². The summed E-state index contributed by atoms with van der Waals surface area (Å²) in [4.78, 5) is 4.75. The number of pyridine rings is 1. The van der Waals surface area contributed by atoms with E-state index in [0.717, 1.165) is 17.0 Å². The molecule has 0 spiro atoms. The van der Waals surface area contributed by atoms with Crippen LogP contribution in [0.3, 0.4) is 0 Å². The van der Waals surface area contributed by atoms with Crippen LogP contribution in [0.4, 0.5) is 0 Å². The molecule has 2 aromatic heterocycles. The SMILES string of the molecule is CCNC(=NCc1cccc(S(=O)(=O)NC)c1)NCc1nnc2ccccn12.I. The minimum absolute atomic E-state index is 0. The number of guanidine groups is 1. The highest BCUT2D eigenvalue weighted by molar-refractivity contribution is 14.0. The minimum Gasteiger partial charge on any atom is -0.357 e. The van der Waals surface area contributed by atoms with E-state index in [2.05, 4.69) is 30.5 Å². The summed E-state index contributed by atoms with van der Waals surface area (Å²) < 4.78 is 28.1. The second-order valence-electron chi connectivity index (χ2n) is 5.95. The number of halogens is 1. The lowest BCUT2D eigenvalue weighted by atomic mass is 10.2. The van der Waals surface area contributed by atoms with Crippen LogP contribution in [0.1, 0.15) is 18.3 Å². The number of hydrogen-bond acceptors (Lipinski definition) is 5. The summed E-state index contributed by atoms with van der Waals surface area (Å²) in [5, 5.41) is 14.7. The quantitative estimate of drug-likeness (QED) is 0.243. The summed E-state index contributed by atoms with van der Waals surface area (Å²) in [5.74, 6) is 1.38. The molecule has 0 aliphatic rings. The third-order valence-electron chi connectivity index (χ3n) is 4.04. The van der Waals surface area contributed by atoms with Gasteiger partial charge in [-0.25, -0.2) is 18.1 Å². The Morgan fingerprint density at radius 3 is 2.72 bits per heavy atom. The van der Waals surface area contributed by atoms with Gasteiger partial charge in [0.2, 0.25) is 10.0 Å². The van der Waals surface area contributed by atoms with Crippen LogP contribution in [0.5, 0.6) is 0 Å². The number of nitrogens with zero attached hydrogens (tertiary/aromatic N) is 4. The first-order valence-corrected chi connectivity index (χ1v) is 10.3. The number of aliphatic imine (C=N–C) groups is 1. The summed E-state index contributed by atoms with van der Waals surface area (Å²) in [6.45, 7) is 3.46. The molecule has 0 fully saturated rings. The Kier molecular flexibility index (Phi) is 8.34. The van der Waals surface area contributed by atoms with Crippen molar-refractivity contribution >= 4 is 45.6 Å². The maximum absolute atomic E-state index is 11.9. The van der Waals surface area contributed by atoms with Crippen LogP contribution < -0.4 is 15.4 Å². The van der Waals surface area contributed by atoms with Crippen molar-refractivity contribution in [2.75, 3.05) is 13.6 Å². The Labute approximate surface area is 187 Å². The molecule has 0 unspecified atom stereocenters. The van der Waals surface area contributed by atoms with E-state index in [4.69, 9.17) is 0 Å². The van der Waals surface area contributed by atoms with Gasteiger partial charge in [0.15, 0.2) is 17.4 Å². The average Bonchev–Trinajstić information content (AvgIpc) is 3.13. The van der Waals surface area contributed by atoms with E-state index < -0.39 is 10.0 Å². The smallest absolute Gasteiger partial charge is 0.240 e. The molecule has 0 radical (unpaired) electrons. The number of fused-ring (bicyclic) bond motifs is 1. The topological polar surface area (TPSA) is 113 Å². The van der Waals surface area contributed by atoms with Gasteiger partial charge in [-0.05, 0) is 43.8 Å². The molecular weight excluding hydrogens is 505 g/mol. The minimum atomic E-state index is -3.48. The van der Waals surface area contributed by atoms with Gasteiger partial charge in [-0.2, -0.15) is 0 Å². The van der Waals surface area contributed by atoms with E-state index in [-0.39, 0.29) is 28.9 Å². The predicted molar refractivity (Wildman–Crippen MR) is 123 cm³/mol. The predicted octanol–water partition coefficient (Wildman–Crippen LogP) is 1.51. The monoisotopic (exact) mass is 529 g/mol. The van der Waals surface area contributed by atoms with Crippen LogP contribution in [-0.2, 0) is 23.1 Å². The fraction of sp³-hybridized carbons (Fsp3) is 0.278. The van der Waals surface area contributed by atoms with Crippen molar-refractivity contribution in [2.24, 2.45) is 4.99 Å². The first-order valence-electron chi connectivity index (χ1n) is 8.87. The molecule has 0 saturated heterocycles. The molecule has 3 aromatic rings. The molecule has 0 saturated carbocycles. The van der Waals surface area contributed by atoms with Gasteiger partial charge in [-0.1, -0.05) is 18.2 Å². The van der Waals surface area contributed by atoms with Gasteiger partial charge in [-0.15, -0.1) is 34.2 Å². The molecule has 0 aliphatic carbocycles. The van der Waals surface area contributed by atoms with Crippen molar-refractivity contribution in [1.29, 1.82) is 0 Å². The Morgan fingerprint density at radius 2 is 1.97 bits per heavy atom. The summed E-state index contributed by atoms with van der Waals surface area (Å²) in [6, 6.07) is 12.4. The first kappa shape index (κ1) is 23.0. The lowest BCUT2D eigenvalue weighted by molar-refractivity contribution is 0.588. The largest absolute Gasteiger partial charge is 0.357 e. The number of aromatic nitrogens is 3. The molecule has 2 heterocycles. The maximum Gasteiger partial charge on any atom is 0.240 e. The Morgan fingerprint density at radius 1 is 1.14 bits per heavy atom. The number of sulfonamides is 1. The van der Waals surface area contributed by atoms with E-state index in [1.165, 1.54) is 7.05 Å². The van der Waals surface area contributed by atoms with Crippen LogP contribution in [0, 0.1) is 0 Å². The van der Waals surface area contributed by atoms with Crippen molar-refractivity contribution in [1.82, 2.24) is 30.0 Å². The lowest BCUT2D eigenvalue weighted by Crippen LogP contribution is -2.37. The highest BCUT2D eigenvalue weighted by Crippen LogP contribution is 2.12. The van der Waals surface area contributed by atoms with E-state index in [1.807, 2.05) is 41.8 Å². The molecule has 0 atom stereocenters. The zero-order valence-corrected chi connectivity index (χ0v) is 19.3. The standard InChI is InChI=1S/C18H23N7O2S.HI/c1-3-20-18(22-13-17-24-23-16-9-4-5-10-25(16)17)21-12-14-7-6-8-15(11-14)28(26,27)19-2;/h4-11,19H,3,12-13H2,1-2H3,(H2,20,21,22);1H. The second kappa shape index (κ2) is 10.5. The van der Waals surface area contributed by atoms with Crippen molar-refractivity contribution in [2.45, 2.75) is 24.9 Å². The third-order valence-corrected chi connectivity index (χ3v) is 5.45. The normalized spacial score (nSPS) is 11.9. The highest BCUT2D eigenvalue weighted by Gasteiger charge is 2.11. The zero-order chi connectivity index (χ0) is 20.0. The molecule has 1 aromatic carbocycles. The maximum atomic E-state index is 11.9. The van der Waals surface area contributed by atoms with Gasteiger partial charge in [0.05, 0.1) is 18.0 Å². The first-order chi connectivity index (χ1) is 13.5. The molecule has 0 amide bonds. The molecule has 0 aliphatic heterocycles. The zero-order valence-electron chi connectivity index (χ0n) is 16.2. The number of rotatable bonds is 7. The van der Waals surface area contributed by atoms with Crippen molar-refractivity contribution in [3.8, 4) is 0 Å². The van der Waals surface area contributed by atoms with Crippen LogP contribution in [-0.4, -0.2) is 42.6 Å². The Bertz CT molecular complexity index is 1080. The second-order valence-corrected chi connectivity index (χ2v) is 7.84. The van der Waals surface area contributed by atoms with Crippen LogP contribution in [0.25, 0.3) is 5.65 Å². The van der Waals surface area contributed by atoms with Crippen molar-refractivity contribution in [3.63, 3.8) is 0 Å². The van der Waals surface area contributed by atoms with E-state index in [0.29, 0.717) is 25.6 Å². The molecule has 3 rings (SSSR count). The molecule has 3 N–H and O–H groups in total.